The molecule has 7 nitrogen and oxygen atoms in total. The number of halogens is 1. The largest absolute Gasteiger partial charge is 0.321 e. The second-order valence-electron chi connectivity index (χ2n) is 7.50. The first-order chi connectivity index (χ1) is 15.1. The Morgan fingerprint density at radius 2 is 1.84 bits per heavy atom. The molecule has 0 aliphatic heterocycles. The van der Waals surface area contributed by atoms with E-state index in [1.54, 1.807) is 22.9 Å². The van der Waals surface area contributed by atoms with E-state index in [0.717, 1.165) is 31.5 Å². The van der Waals surface area contributed by atoms with Gasteiger partial charge in [0.05, 0.1) is 26.2 Å². The molecule has 0 fully saturated rings. The van der Waals surface area contributed by atoms with Gasteiger partial charge in [0, 0.05) is 25.2 Å². The van der Waals surface area contributed by atoms with Gasteiger partial charge in [-0.1, -0.05) is 29.8 Å². The highest BCUT2D eigenvalue weighted by Crippen LogP contribution is 2.33. The molecule has 1 amide bonds. The van der Waals surface area contributed by atoms with Gasteiger partial charge in [-0.15, -0.1) is 11.3 Å². The van der Waals surface area contributed by atoms with E-state index in [0.29, 0.717) is 15.6 Å². The number of aryl methyl sites for hydroxylation is 2. The number of benzene rings is 2. The molecule has 0 unspecified atom stereocenters. The van der Waals surface area contributed by atoms with Crippen LogP contribution in [-0.2, 0) is 10.0 Å². The van der Waals surface area contributed by atoms with Gasteiger partial charge in [-0.25, -0.2) is 17.4 Å². The number of aromatic nitrogens is 2. The molecule has 0 bridgehead atoms. The topological polar surface area (TPSA) is 84.3 Å². The number of amides is 1. The number of nitrogens with zero attached hydrogens (tertiary/aromatic N) is 3. The summed E-state index contributed by atoms with van der Waals surface area (Å²) in [5.74, 6) is -0.321. The number of thiophene rings is 1. The standard InChI is InChI=1S/C22H21ClN4O3S2/c1-13-9-10-15(32(29,30)26(3)4)11-18(13)24-21(28)20-12-16-14(2)25-27(22(16)31-20)19-8-6-5-7-17(19)23/h5-12H,1-4H3,(H,24,28). The molecule has 32 heavy (non-hydrogen) atoms. The summed E-state index contributed by atoms with van der Waals surface area (Å²) in [6, 6.07) is 13.9. The number of para-hydroxylation sites is 1. The number of sulfonamides is 1. The summed E-state index contributed by atoms with van der Waals surface area (Å²) in [4.78, 5) is 14.4. The van der Waals surface area contributed by atoms with Gasteiger partial charge in [0.25, 0.3) is 5.91 Å². The van der Waals surface area contributed by atoms with Crippen molar-refractivity contribution in [1.29, 1.82) is 0 Å². The van der Waals surface area contributed by atoms with Crippen LogP contribution in [0.2, 0.25) is 5.02 Å². The van der Waals surface area contributed by atoms with E-state index in [1.807, 2.05) is 32.0 Å². The van der Waals surface area contributed by atoms with Crippen LogP contribution >= 0.6 is 22.9 Å². The second kappa shape index (κ2) is 8.32. The number of carbonyl (C=O) groups excluding carboxylic acids is 1. The van der Waals surface area contributed by atoms with E-state index >= 15 is 0 Å². The number of nitrogens with one attached hydrogen (secondary N) is 1. The van der Waals surface area contributed by atoms with Crippen molar-refractivity contribution >= 4 is 54.8 Å². The maximum absolute atomic E-state index is 13.0. The van der Waals surface area contributed by atoms with E-state index in [-0.39, 0.29) is 10.8 Å². The van der Waals surface area contributed by atoms with Crippen LogP contribution in [-0.4, -0.2) is 42.5 Å². The molecule has 4 rings (SSSR count). The number of hydrogen-bond acceptors (Lipinski definition) is 5. The van der Waals surface area contributed by atoms with E-state index < -0.39 is 10.0 Å². The maximum Gasteiger partial charge on any atom is 0.265 e. The van der Waals surface area contributed by atoms with Crippen LogP contribution < -0.4 is 5.32 Å². The van der Waals surface area contributed by atoms with Crippen molar-refractivity contribution in [3.8, 4) is 5.69 Å². The molecule has 0 aliphatic rings. The molecule has 4 aromatic rings. The Labute approximate surface area is 195 Å². The number of fused-ring (bicyclic) bond motifs is 1. The van der Waals surface area contributed by atoms with Crippen molar-refractivity contribution < 1.29 is 13.2 Å². The molecule has 166 valence electrons. The van der Waals surface area contributed by atoms with Crippen LogP contribution in [0.25, 0.3) is 15.9 Å². The molecule has 1 N–H and O–H groups in total. The Bertz CT molecular complexity index is 1460. The normalized spacial score (nSPS) is 11.9. The quantitative estimate of drug-likeness (QED) is 0.434. The summed E-state index contributed by atoms with van der Waals surface area (Å²) in [5, 5.41) is 8.85. The zero-order valence-corrected chi connectivity index (χ0v) is 20.3. The lowest BCUT2D eigenvalue weighted by molar-refractivity contribution is 0.103. The lowest BCUT2D eigenvalue weighted by Crippen LogP contribution is -2.22. The Morgan fingerprint density at radius 3 is 2.53 bits per heavy atom. The highest BCUT2D eigenvalue weighted by Gasteiger charge is 2.21. The van der Waals surface area contributed by atoms with Crippen LogP contribution in [0.1, 0.15) is 20.9 Å². The fourth-order valence-electron chi connectivity index (χ4n) is 3.24. The monoisotopic (exact) mass is 488 g/mol. The predicted octanol–water partition coefficient (Wildman–Crippen LogP) is 4.86. The summed E-state index contributed by atoms with van der Waals surface area (Å²) in [6.07, 6.45) is 0. The first-order valence-electron chi connectivity index (χ1n) is 9.68. The first kappa shape index (κ1) is 22.5. The molecule has 0 saturated carbocycles. The van der Waals surface area contributed by atoms with E-state index in [1.165, 1.54) is 37.6 Å². The minimum absolute atomic E-state index is 0.116. The maximum atomic E-state index is 13.0. The van der Waals surface area contributed by atoms with Gasteiger partial charge in [0.15, 0.2) is 0 Å². The Hall–Kier alpha value is -2.72. The minimum Gasteiger partial charge on any atom is -0.321 e. The molecule has 0 saturated heterocycles. The molecule has 2 aromatic heterocycles. The van der Waals surface area contributed by atoms with Crippen molar-refractivity contribution in [3.05, 3.63) is 69.7 Å². The zero-order chi connectivity index (χ0) is 23.2. The van der Waals surface area contributed by atoms with Gasteiger partial charge in [-0.05, 0) is 49.7 Å². The van der Waals surface area contributed by atoms with Crippen molar-refractivity contribution in [1.82, 2.24) is 14.1 Å². The minimum atomic E-state index is -3.61. The molecular formula is C22H21ClN4O3S2. The summed E-state index contributed by atoms with van der Waals surface area (Å²) >= 11 is 7.65. The number of carbonyl (C=O) groups is 1. The van der Waals surface area contributed by atoms with E-state index in [4.69, 9.17) is 11.6 Å². The Morgan fingerprint density at radius 1 is 1.12 bits per heavy atom. The molecule has 0 atom stereocenters. The molecular weight excluding hydrogens is 468 g/mol. The van der Waals surface area contributed by atoms with E-state index in [9.17, 15) is 13.2 Å². The number of rotatable bonds is 5. The summed E-state index contributed by atoms with van der Waals surface area (Å²) in [6.45, 7) is 3.69. The van der Waals surface area contributed by atoms with Crippen molar-refractivity contribution in [3.63, 3.8) is 0 Å². The highest BCUT2D eigenvalue weighted by atomic mass is 35.5. The smallest absolute Gasteiger partial charge is 0.265 e. The van der Waals surface area contributed by atoms with Gasteiger partial charge in [0.1, 0.15) is 4.83 Å². The predicted molar refractivity (Wildman–Crippen MR) is 129 cm³/mol. The van der Waals surface area contributed by atoms with Crippen LogP contribution in [0.4, 0.5) is 5.69 Å². The average Bonchev–Trinajstić information content (AvgIpc) is 3.30. The molecule has 2 aromatic carbocycles. The molecule has 0 spiro atoms. The third-order valence-corrected chi connectivity index (χ3v) is 8.32. The summed E-state index contributed by atoms with van der Waals surface area (Å²) < 4.78 is 27.8. The van der Waals surface area contributed by atoms with Crippen LogP contribution in [0.5, 0.6) is 0 Å². The Balaban J connectivity index is 1.70. The molecule has 0 radical (unpaired) electrons. The molecule has 10 heteroatoms. The fourth-order valence-corrected chi connectivity index (χ4v) is 5.45. The van der Waals surface area contributed by atoms with Crippen molar-refractivity contribution in [2.75, 3.05) is 19.4 Å². The zero-order valence-electron chi connectivity index (χ0n) is 17.9. The molecule has 2 heterocycles. The van der Waals surface area contributed by atoms with Crippen molar-refractivity contribution in [2.45, 2.75) is 18.7 Å². The molecule has 0 aliphatic carbocycles. The van der Waals surface area contributed by atoms with Gasteiger partial charge in [0.2, 0.25) is 10.0 Å². The average molecular weight is 489 g/mol. The van der Waals surface area contributed by atoms with Gasteiger partial charge in [-0.2, -0.15) is 5.10 Å². The highest BCUT2D eigenvalue weighted by molar-refractivity contribution is 7.89. The second-order valence-corrected chi connectivity index (χ2v) is 11.1. The third kappa shape index (κ3) is 3.93. The Kier molecular flexibility index (Phi) is 5.85. The van der Waals surface area contributed by atoms with Gasteiger partial charge < -0.3 is 5.32 Å². The number of hydrogen-bond donors (Lipinski definition) is 1. The van der Waals surface area contributed by atoms with Gasteiger partial charge >= 0.3 is 0 Å². The fraction of sp³-hybridized carbons (Fsp3) is 0.182. The van der Waals surface area contributed by atoms with Crippen LogP contribution in [0.15, 0.2) is 53.4 Å². The third-order valence-electron chi connectivity index (χ3n) is 5.08. The lowest BCUT2D eigenvalue weighted by atomic mass is 10.2. The SMILES string of the molecule is Cc1ccc(S(=O)(=O)N(C)C)cc1NC(=O)c1cc2c(C)nn(-c3ccccc3Cl)c2s1. The summed E-state index contributed by atoms with van der Waals surface area (Å²) in [7, 11) is -0.679. The van der Waals surface area contributed by atoms with Crippen LogP contribution in [0, 0.1) is 13.8 Å². The summed E-state index contributed by atoms with van der Waals surface area (Å²) in [5.41, 5.74) is 2.72. The lowest BCUT2D eigenvalue weighted by Gasteiger charge is -2.14. The number of anilines is 1. The van der Waals surface area contributed by atoms with Gasteiger partial charge in [-0.3, -0.25) is 4.79 Å². The van der Waals surface area contributed by atoms with Crippen LogP contribution in [0.3, 0.4) is 0 Å². The van der Waals surface area contributed by atoms with Crippen molar-refractivity contribution in [2.24, 2.45) is 0 Å². The van der Waals surface area contributed by atoms with E-state index in [2.05, 4.69) is 10.4 Å². The first-order valence-corrected chi connectivity index (χ1v) is 12.3.